The van der Waals surface area contributed by atoms with Crippen molar-refractivity contribution in [2.45, 2.75) is 31.5 Å². The molecule has 1 aliphatic rings. The lowest BCUT2D eigenvalue weighted by Gasteiger charge is -2.23. The van der Waals surface area contributed by atoms with Crippen molar-refractivity contribution < 1.29 is 26.1 Å². The first-order chi connectivity index (χ1) is 11.1. The van der Waals surface area contributed by atoms with Crippen molar-refractivity contribution in [3.8, 4) is 0 Å². The van der Waals surface area contributed by atoms with Crippen LogP contribution < -0.4 is 5.32 Å². The van der Waals surface area contributed by atoms with Gasteiger partial charge in [-0.25, -0.2) is 8.42 Å². The molecule has 0 spiro atoms. The van der Waals surface area contributed by atoms with Gasteiger partial charge in [0.1, 0.15) is 15.2 Å². The molecule has 1 fully saturated rings. The summed E-state index contributed by atoms with van der Waals surface area (Å²) in [5.41, 5.74) is 0.536. The number of alkyl halides is 3. The molecule has 0 bridgehead atoms. The van der Waals surface area contributed by atoms with Gasteiger partial charge in [-0.1, -0.05) is 6.07 Å². The molecule has 1 aromatic heterocycles. The maximum absolute atomic E-state index is 12.7. The molecule has 0 saturated carbocycles. The van der Waals surface area contributed by atoms with Gasteiger partial charge in [0.2, 0.25) is 4.70 Å². The van der Waals surface area contributed by atoms with Crippen molar-refractivity contribution in [3.63, 3.8) is 0 Å². The van der Waals surface area contributed by atoms with Gasteiger partial charge < -0.3 is 9.87 Å². The molecule has 1 aliphatic heterocycles. The van der Waals surface area contributed by atoms with Gasteiger partial charge in [-0.15, -0.1) is 0 Å². The third-order valence-corrected chi connectivity index (χ3v) is 7.17. The quantitative estimate of drug-likeness (QED) is 0.827. The van der Waals surface area contributed by atoms with E-state index in [4.69, 9.17) is 0 Å². The number of halogens is 3. The van der Waals surface area contributed by atoms with E-state index >= 15 is 0 Å². The smallest absolute Gasteiger partial charge is 0.393 e. The van der Waals surface area contributed by atoms with Gasteiger partial charge in [0.15, 0.2) is 0 Å². The molecular weight excluding hydrogens is 363 g/mol. The molecule has 9 heteroatoms. The van der Waals surface area contributed by atoms with E-state index < -0.39 is 33.2 Å². The molecule has 24 heavy (non-hydrogen) atoms. The normalized spacial score (nSPS) is 19.6. The molecule has 4 nitrogen and oxygen atoms in total. The Morgan fingerprint density at radius 2 is 1.92 bits per heavy atom. The second kappa shape index (κ2) is 6.20. The maximum atomic E-state index is 12.7. The van der Waals surface area contributed by atoms with Crippen molar-refractivity contribution in [2.24, 2.45) is 0 Å². The minimum Gasteiger partial charge on any atom is -0.590 e. The zero-order valence-electron chi connectivity index (χ0n) is 12.6. The summed E-state index contributed by atoms with van der Waals surface area (Å²) < 4.78 is 73.5. The molecule has 1 aromatic carbocycles. The average Bonchev–Trinajstić information content (AvgIpc) is 2.77. The Kier molecular flexibility index (Phi) is 4.52. The van der Waals surface area contributed by atoms with Crippen LogP contribution >= 0.6 is 10.8 Å². The highest BCUT2D eigenvalue weighted by Gasteiger charge is 2.32. The van der Waals surface area contributed by atoms with Gasteiger partial charge in [0.25, 0.3) is 0 Å². The number of hydrogen-bond acceptors (Lipinski definition) is 4. The van der Waals surface area contributed by atoms with Gasteiger partial charge in [0.05, 0.1) is 23.6 Å². The van der Waals surface area contributed by atoms with Crippen LogP contribution in [0.3, 0.4) is 0 Å². The van der Waals surface area contributed by atoms with Crippen LogP contribution in [0.4, 0.5) is 18.9 Å². The van der Waals surface area contributed by atoms with E-state index in [2.05, 4.69) is 5.32 Å². The Hall–Kier alpha value is -1.32. The van der Waals surface area contributed by atoms with Gasteiger partial charge in [-0.2, -0.15) is 13.2 Å². The number of benzene rings is 1. The highest BCUT2D eigenvalue weighted by Crippen LogP contribution is 2.40. The first kappa shape index (κ1) is 17.5. The fraction of sp³-hybridized carbons (Fsp3) is 0.467. The number of fused-ring (bicyclic) bond motifs is 1. The first-order valence-corrected chi connectivity index (χ1v) is 10.5. The number of anilines is 1. The Labute approximate surface area is 140 Å². The van der Waals surface area contributed by atoms with Crippen LogP contribution in [0.25, 0.3) is 10.1 Å². The predicted molar refractivity (Wildman–Crippen MR) is 87.7 cm³/mol. The minimum atomic E-state index is -4.36. The molecule has 2 aromatic rings. The Balaban J connectivity index is 1.89. The summed E-state index contributed by atoms with van der Waals surface area (Å²) in [5.74, 6) is 0.167. The van der Waals surface area contributed by atoms with Crippen molar-refractivity contribution in [1.82, 2.24) is 0 Å². The monoisotopic (exact) mass is 379 g/mol. The van der Waals surface area contributed by atoms with Gasteiger partial charge >= 0.3 is 6.18 Å². The van der Waals surface area contributed by atoms with Crippen LogP contribution in [-0.4, -0.2) is 36.7 Å². The van der Waals surface area contributed by atoms with E-state index in [1.807, 2.05) is 0 Å². The molecule has 1 N–H and O–H groups in total. The molecule has 0 aliphatic carbocycles. The van der Waals surface area contributed by atoms with Crippen LogP contribution in [0.5, 0.6) is 0 Å². The molecule has 1 saturated heterocycles. The second-order valence-electron chi connectivity index (χ2n) is 5.99. The summed E-state index contributed by atoms with van der Waals surface area (Å²) in [5, 5.41) is 4.65. The Morgan fingerprint density at radius 1 is 1.25 bits per heavy atom. The minimum absolute atomic E-state index is 0.0192. The summed E-state index contributed by atoms with van der Waals surface area (Å²) in [4.78, 5) is 0. The molecular formula is C15H16F3NO3S2. The number of rotatable bonds is 3. The van der Waals surface area contributed by atoms with Crippen molar-refractivity contribution in [2.75, 3.05) is 16.8 Å². The van der Waals surface area contributed by atoms with E-state index in [9.17, 15) is 26.1 Å². The third-order valence-electron chi connectivity index (χ3n) is 4.12. The fourth-order valence-corrected chi connectivity index (χ4v) is 5.82. The molecule has 2 heterocycles. The lowest BCUT2D eigenvalue weighted by atomic mass is 10.1. The fourth-order valence-electron chi connectivity index (χ4n) is 2.98. The number of hydrogen-bond donors (Lipinski definition) is 1. The molecule has 132 valence electrons. The SMILES string of the molecule is O=S1(=O)CCC(Nc2cccc3c(CC(F)(F)F)c[s+]([O-])c23)CC1. The van der Waals surface area contributed by atoms with E-state index in [1.54, 1.807) is 12.1 Å². The van der Waals surface area contributed by atoms with Crippen LogP contribution in [0, 0.1) is 0 Å². The van der Waals surface area contributed by atoms with Crippen molar-refractivity contribution >= 4 is 36.4 Å². The highest BCUT2D eigenvalue weighted by molar-refractivity contribution is 7.91. The van der Waals surface area contributed by atoms with Crippen LogP contribution in [0.15, 0.2) is 23.6 Å². The Bertz CT molecular complexity index is 845. The number of nitrogens with one attached hydrogen (secondary N) is 1. The summed E-state index contributed by atoms with van der Waals surface area (Å²) in [7, 11) is -4.63. The molecule has 1 unspecified atom stereocenters. The average molecular weight is 379 g/mol. The standard InChI is InChI=1S/C15H16F3NO3S2/c16-15(17,18)8-10-9-23(20)14-12(10)2-1-3-13(14)19-11-4-6-24(21,22)7-5-11/h1-3,9,11,19H,4-8H2. The van der Waals surface area contributed by atoms with Crippen LogP contribution in [-0.2, 0) is 16.3 Å². The summed E-state index contributed by atoms with van der Waals surface area (Å²) >= 11 is 0. The lowest BCUT2D eigenvalue weighted by molar-refractivity contribution is -0.126. The zero-order chi connectivity index (χ0) is 17.5. The molecule has 3 rings (SSSR count). The van der Waals surface area contributed by atoms with Crippen molar-refractivity contribution in [3.05, 3.63) is 29.1 Å². The Morgan fingerprint density at radius 3 is 2.54 bits per heavy atom. The van der Waals surface area contributed by atoms with Gasteiger partial charge in [-0.3, -0.25) is 0 Å². The van der Waals surface area contributed by atoms with E-state index in [0.29, 0.717) is 28.6 Å². The topological polar surface area (TPSA) is 69.2 Å². The summed E-state index contributed by atoms with van der Waals surface area (Å²) in [6.45, 7) is 0. The second-order valence-corrected chi connectivity index (χ2v) is 9.53. The van der Waals surface area contributed by atoms with E-state index in [-0.39, 0.29) is 23.1 Å². The zero-order valence-corrected chi connectivity index (χ0v) is 14.2. The predicted octanol–water partition coefficient (Wildman–Crippen LogP) is 3.66. The van der Waals surface area contributed by atoms with Crippen LogP contribution in [0.2, 0.25) is 0 Å². The van der Waals surface area contributed by atoms with E-state index in [0.717, 1.165) is 5.38 Å². The first-order valence-electron chi connectivity index (χ1n) is 7.43. The largest absolute Gasteiger partial charge is 0.590 e. The lowest BCUT2D eigenvalue weighted by Crippen LogP contribution is -2.32. The maximum Gasteiger partial charge on any atom is 0.393 e. The van der Waals surface area contributed by atoms with E-state index in [1.165, 1.54) is 6.07 Å². The number of sulfone groups is 1. The number of thiophene rings is 1. The summed E-state index contributed by atoms with van der Waals surface area (Å²) in [6, 6.07) is 4.73. The molecule has 0 amide bonds. The van der Waals surface area contributed by atoms with Gasteiger partial charge in [-0.05, 0) is 35.7 Å². The van der Waals surface area contributed by atoms with Crippen LogP contribution in [0.1, 0.15) is 18.4 Å². The third kappa shape index (κ3) is 3.84. The molecule has 1 atom stereocenters. The molecule has 0 radical (unpaired) electrons. The summed E-state index contributed by atoms with van der Waals surface area (Å²) in [6.07, 6.45) is -4.61. The van der Waals surface area contributed by atoms with Crippen molar-refractivity contribution in [1.29, 1.82) is 0 Å². The highest BCUT2D eigenvalue weighted by atomic mass is 32.2. The van der Waals surface area contributed by atoms with Gasteiger partial charge in [0, 0.05) is 17.0 Å².